The molecule has 1 aromatic heterocycles. The molecule has 0 aliphatic heterocycles. The van der Waals surface area contributed by atoms with Crippen molar-refractivity contribution in [2.45, 2.75) is 59.3 Å². The minimum absolute atomic E-state index is 0. The third-order valence-corrected chi connectivity index (χ3v) is 9.24. The number of fused-ring (bicyclic) bond motifs is 1. The smallest absolute Gasteiger partial charge is 0.255 e. The van der Waals surface area contributed by atoms with Crippen molar-refractivity contribution < 1.29 is 12.4 Å². The molecule has 2 N–H and O–H groups in total. The first-order valence-electron chi connectivity index (χ1n) is 12.4. The molecule has 6 heteroatoms. The van der Waals surface area contributed by atoms with Crippen LogP contribution >= 0.6 is 11.3 Å². The van der Waals surface area contributed by atoms with E-state index in [0.717, 1.165) is 64.0 Å². The zero-order valence-electron chi connectivity index (χ0n) is 20.0. The second-order valence-electron chi connectivity index (χ2n) is 11.1. The second kappa shape index (κ2) is 7.91. The summed E-state index contributed by atoms with van der Waals surface area (Å²) in [5.74, 6) is 2.22. The average Bonchev–Trinajstić information content (AvgIpc) is 3.16. The van der Waals surface area contributed by atoms with Gasteiger partial charge in [-0.25, -0.2) is 4.98 Å². The Morgan fingerprint density at radius 1 is 0.941 bits per heavy atom. The van der Waals surface area contributed by atoms with Crippen LogP contribution < -0.4 is 10.6 Å². The van der Waals surface area contributed by atoms with Gasteiger partial charge in [0.15, 0.2) is 5.13 Å². The molecule has 4 fully saturated rings. The SMILES string of the molecule is Cc1cc(C)c(NC(=O)c2ccc3nc(NC(=O)C45CC6CC(CC(C6)C4)C5)sc3c2)c(C)c1.[HH].[HH]. The first-order valence-corrected chi connectivity index (χ1v) is 13.2. The normalized spacial score (nSPS) is 27.2. The van der Waals surface area contributed by atoms with Gasteiger partial charge in [0, 0.05) is 14.1 Å². The molecule has 4 bridgehead atoms. The highest BCUT2D eigenvalue weighted by atomic mass is 32.1. The molecule has 4 aliphatic carbocycles. The van der Waals surface area contributed by atoms with Crippen molar-refractivity contribution >= 4 is 44.2 Å². The summed E-state index contributed by atoms with van der Waals surface area (Å²) in [4.78, 5) is 31.1. The highest BCUT2D eigenvalue weighted by Crippen LogP contribution is 2.60. The van der Waals surface area contributed by atoms with Gasteiger partial charge in [-0.15, -0.1) is 0 Å². The van der Waals surface area contributed by atoms with Crippen LogP contribution in [0.4, 0.5) is 10.8 Å². The fourth-order valence-corrected chi connectivity index (χ4v) is 8.20. The lowest BCUT2D eigenvalue weighted by Gasteiger charge is -2.55. The summed E-state index contributed by atoms with van der Waals surface area (Å²) in [5.41, 5.74) is 5.37. The number of anilines is 2. The molecule has 7 rings (SSSR count). The average molecular weight is 478 g/mol. The summed E-state index contributed by atoms with van der Waals surface area (Å²) in [6, 6.07) is 9.71. The quantitative estimate of drug-likeness (QED) is 0.420. The van der Waals surface area contributed by atoms with Gasteiger partial charge < -0.3 is 10.6 Å². The molecule has 0 saturated heterocycles. The van der Waals surface area contributed by atoms with Gasteiger partial charge >= 0.3 is 0 Å². The van der Waals surface area contributed by atoms with Crippen LogP contribution in [0.3, 0.4) is 0 Å². The Balaban J connectivity index is 0.00000152. The number of amides is 2. The Kier molecular flexibility index (Phi) is 5.07. The molecule has 0 radical (unpaired) electrons. The number of aromatic nitrogens is 1. The second-order valence-corrected chi connectivity index (χ2v) is 12.1. The molecule has 2 amide bonds. The number of nitrogens with one attached hydrogen (secondary N) is 2. The lowest BCUT2D eigenvalue weighted by Crippen LogP contribution is -2.51. The number of nitrogens with zero attached hydrogens (tertiary/aromatic N) is 1. The topological polar surface area (TPSA) is 71.1 Å². The van der Waals surface area contributed by atoms with Gasteiger partial charge in [0.05, 0.1) is 15.6 Å². The third kappa shape index (κ3) is 3.72. The van der Waals surface area contributed by atoms with E-state index in [4.69, 9.17) is 0 Å². The van der Waals surface area contributed by atoms with Crippen molar-refractivity contribution in [2.24, 2.45) is 23.2 Å². The zero-order valence-corrected chi connectivity index (χ0v) is 20.8. The van der Waals surface area contributed by atoms with Crippen LogP contribution in [-0.4, -0.2) is 16.8 Å². The Morgan fingerprint density at radius 3 is 2.18 bits per heavy atom. The fourth-order valence-electron chi connectivity index (χ4n) is 7.30. The zero-order chi connectivity index (χ0) is 23.6. The molecule has 2 aromatic carbocycles. The lowest BCUT2D eigenvalue weighted by atomic mass is 9.49. The van der Waals surface area contributed by atoms with Gasteiger partial charge in [-0.3, -0.25) is 9.59 Å². The molecular formula is C28H35N3O2S. The maximum Gasteiger partial charge on any atom is 0.255 e. The van der Waals surface area contributed by atoms with Gasteiger partial charge in [-0.1, -0.05) is 29.0 Å². The Hall–Kier alpha value is -2.73. The summed E-state index contributed by atoms with van der Waals surface area (Å²) in [6.45, 7) is 6.09. The van der Waals surface area contributed by atoms with Crippen molar-refractivity contribution in [3.05, 3.63) is 52.6 Å². The van der Waals surface area contributed by atoms with Crippen molar-refractivity contribution in [2.75, 3.05) is 10.6 Å². The minimum Gasteiger partial charge on any atom is -0.322 e. The van der Waals surface area contributed by atoms with E-state index in [-0.39, 0.29) is 20.1 Å². The van der Waals surface area contributed by atoms with E-state index < -0.39 is 0 Å². The van der Waals surface area contributed by atoms with Crippen LogP contribution in [-0.2, 0) is 4.79 Å². The van der Waals surface area contributed by atoms with Crippen LogP contribution in [0, 0.1) is 43.9 Å². The molecule has 0 spiro atoms. The van der Waals surface area contributed by atoms with Gasteiger partial charge in [0.1, 0.15) is 0 Å². The summed E-state index contributed by atoms with van der Waals surface area (Å²) < 4.78 is 0.908. The molecule has 0 atom stereocenters. The van der Waals surface area contributed by atoms with Gasteiger partial charge in [0.2, 0.25) is 5.91 Å². The van der Waals surface area contributed by atoms with Crippen LogP contribution in [0.1, 0.15) is 68.4 Å². The summed E-state index contributed by atoms with van der Waals surface area (Å²) in [5, 5.41) is 6.88. The van der Waals surface area contributed by atoms with Gasteiger partial charge in [-0.2, -0.15) is 0 Å². The van der Waals surface area contributed by atoms with Crippen molar-refractivity contribution in [3.8, 4) is 0 Å². The molecule has 4 aliphatic rings. The molecule has 5 nitrogen and oxygen atoms in total. The van der Waals surface area contributed by atoms with E-state index in [1.54, 1.807) is 6.07 Å². The maximum absolute atomic E-state index is 13.4. The van der Waals surface area contributed by atoms with E-state index in [1.165, 1.54) is 36.2 Å². The van der Waals surface area contributed by atoms with E-state index in [0.29, 0.717) is 10.7 Å². The first-order chi connectivity index (χ1) is 16.3. The van der Waals surface area contributed by atoms with Crippen LogP contribution in [0.5, 0.6) is 0 Å². The number of benzene rings is 2. The van der Waals surface area contributed by atoms with Gasteiger partial charge in [0.25, 0.3) is 5.91 Å². The molecule has 180 valence electrons. The molecule has 1 heterocycles. The highest BCUT2D eigenvalue weighted by Gasteiger charge is 2.54. The minimum atomic E-state index is -0.193. The Bertz CT molecular complexity index is 1280. The summed E-state index contributed by atoms with van der Waals surface area (Å²) in [7, 11) is 0. The van der Waals surface area contributed by atoms with E-state index in [2.05, 4.69) is 34.7 Å². The lowest BCUT2D eigenvalue weighted by molar-refractivity contribution is -0.140. The molecule has 3 aromatic rings. The number of carbonyl (C=O) groups is 2. The van der Waals surface area contributed by atoms with E-state index >= 15 is 0 Å². The van der Waals surface area contributed by atoms with Crippen molar-refractivity contribution in [3.63, 3.8) is 0 Å². The number of hydrogen-bond acceptors (Lipinski definition) is 4. The summed E-state index contributed by atoms with van der Waals surface area (Å²) in [6.07, 6.45) is 7.08. The summed E-state index contributed by atoms with van der Waals surface area (Å²) >= 11 is 1.45. The number of hydrogen-bond donors (Lipinski definition) is 2. The van der Waals surface area contributed by atoms with E-state index in [1.807, 2.05) is 26.0 Å². The Labute approximate surface area is 207 Å². The predicted octanol–water partition coefficient (Wildman–Crippen LogP) is 7.12. The van der Waals surface area contributed by atoms with Crippen LogP contribution in [0.2, 0.25) is 0 Å². The largest absolute Gasteiger partial charge is 0.322 e. The van der Waals surface area contributed by atoms with Crippen molar-refractivity contribution in [1.82, 2.24) is 4.98 Å². The molecular weight excluding hydrogens is 442 g/mol. The number of aryl methyl sites for hydroxylation is 3. The monoisotopic (exact) mass is 477 g/mol. The van der Waals surface area contributed by atoms with Crippen LogP contribution in [0.25, 0.3) is 10.2 Å². The number of carbonyl (C=O) groups excluding carboxylic acids is 2. The predicted molar refractivity (Wildman–Crippen MR) is 142 cm³/mol. The standard InChI is InChI=1S/C28H31N3O2S.2H2/c1-15-6-16(2)24(17(3)7-15)30-25(32)21-4-5-22-23(11-21)34-27(29-22)31-26(33)28-12-18-8-19(13-28)10-20(9-18)14-28;;/h4-7,11,18-20H,8-10,12-14H2,1-3H3,(H,30,32)(H,29,31,33);2*1H. The third-order valence-electron chi connectivity index (χ3n) is 8.31. The molecule has 34 heavy (non-hydrogen) atoms. The highest BCUT2D eigenvalue weighted by molar-refractivity contribution is 7.22. The molecule has 0 unspecified atom stereocenters. The fraction of sp³-hybridized carbons (Fsp3) is 0.464. The Morgan fingerprint density at radius 2 is 1.56 bits per heavy atom. The maximum atomic E-state index is 13.4. The van der Waals surface area contributed by atoms with E-state index in [9.17, 15) is 9.59 Å². The number of rotatable bonds is 4. The molecule has 4 saturated carbocycles. The first kappa shape index (κ1) is 21.8. The number of thiazole rings is 1. The van der Waals surface area contributed by atoms with Crippen molar-refractivity contribution in [1.29, 1.82) is 0 Å². The van der Waals surface area contributed by atoms with Gasteiger partial charge in [-0.05, 0) is 106 Å². The van der Waals surface area contributed by atoms with Crippen LogP contribution in [0.15, 0.2) is 30.3 Å².